The summed E-state index contributed by atoms with van der Waals surface area (Å²) in [5, 5.41) is 2.81. The second-order valence-corrected chi connectivity index (χ2v) is 9.40. The maximum absolute atomic E-state index is 12.8. The van der Waals surface area contributed by atoms with Crippen molar-refractivity contribution in [3.05, 3.63) is 29.8 Å². The molecule has 0 radical (unpaired) electrons. The van der Waals surface area contributed by atoms with Gasteiger partial charge in [-0.3, -0.25) is 9.69 Å². The summed E-state index contributed by atoms with van der Waals surface area (Å²) < 4.78 is 32.2. The molecule has 9 heteroatoms. The minimum absolute atomic E-state index is 0.0550. The summed E-state index contributed by atoms with van der Waals surface area (Å²) in [6, 6.07) is 6.02. The molecule has 1 saturated carbocycles. The Balaban J connectivity index is 1.55. The lowest BCUT2D eigenvalue weighted by Crippen LogP contribution is -2.46. The number of nitrogens with one attached hydrogen (secondary N) is 1. The summed E-state index contributed by atoms with van der Waals surface area (Å²) in [7, 11) is -3.62. The minimum Gasteiger partial charge on any atom is -0.379 e. The molecule has 4 rings (SSSR count). The first-order valence-electron chi connectivity index (χ1n) is 9.13. The van der Waals surface area contributed by atoms with Crippen molar-refractivity contribution < 1.29 is 22.7 Å². The van der Waals surface area contributed by atoms with E-state index in [9.17, 15) is 18.0 Å². The molecule has 27 heavy (non-hydrogen) atoms. The molecule has 3 fully saturated rings. The van der Waals surface area contributed by atoms with Gasteiger partial charge in [0.2, 0.25) is 10.0 Å². The monoisotopic (exact) mass is 393 g/mol. The number of hydrogen-bond acceptors (Lipinski definition) is 5. The van der Waals surface area contributed by atoms with Crippen molar-refractivity contribution in [1.29, 1.82) is 0 Å². The number of nitrogens with zero attached hydrogens (tertiary/aromatic N) is 2. The highest BCUT2D eigenvalue weighted by atomic mass is 32.2. The Morgan fingerprint density at radius 3 is 2.59 bits per heavy atom. The summed E-state index contributed by atoms with van der Waals surface area (Å²) in [4.78, 5) is 26.4. The molecule has 2 aliphatic heterocycles. The van der Waals surface area contributed by atoms with E-state index >= 15 is 0 Å². The maximum atomic E-state index is 12.8. The van der Waals surface area contributed by atoms with Crippen LogP contribution < -0.4 is 5.32 Å². The fraction of sp³-hybridized carbons (Fsp3) is 0.556. The van der Waals surface area contributed by atoms with E-state index in [1.165, 1.54) is 21.3 Å². The maximum Gasteiger partial charge on any atom is 0.325 e. The molecule has 0 aromatic heterocycles. The number of carbonyl (C=O) groups excluding carboxylic acids is 2. The molecule has 2 saturated heterocycles. The second kappa shape index (κ2) is 6.57. The average molecular weight is 393 g/mol. The molecule has 1 N–H and O–H groups in total. The van der Waals surface area contributed by atoms with Crippen molar-refractivity contribution in [2.75, 3.05) is 26.3 Å². The molecule has 1 aromatic carbocycles. The van der Waals surface area contributed by atoms with Crippen LogP contribution in [-0.4, -0.2) is 61.4 Å². The first kappa shape index (κ1) is 18.4. The molecule has 1 atom stereocenters. The highest BCUT2D eigenvalue weighted by Gasteiger charge is 2.55. The normalized spacial score (nSPS) is 27.1. The van der Waals surface area contributed by atoms with Crippen LogP contribution in [0.4, 0.5) is 4.79 Å². The highest BCUT2D eigenvalue weighted by molar-refractivity contribution is 7.89. The smallest absolute Gasteiger partial charge is 0.325 e. The second-order valence-electron chi connectivity index (χ2n) is 7.46. The molecule has 1 aliphatic carbocycles. The Morgan fingerprint density at radius 1 is 1.22 bits per heavy atom. The third-order valence-electron chi connectivity index (χ3n) is 5.54. The van der Waals surface area contributed by atoms with Gasteiger partial charge >= 0.3 is 6.03 Å². The molecule has 0 unspecified atom stereocenters. The van der Waals surface area contributed by atoms with Crippen LogP contribution in [0.2, 0.25) is 0 Å². The molecule has 8 nitrogen and oxygen atoms in total. The summed E-state index contributed by atoms with van der Waals surface area (Å²) in [5.41, 5.74) is -0.234. The zero-order valence-electron chi connectivity index (χ0n) is 15.2. The van der Waals surface area contributed by atoms with E-state index < -0.39 is 21.6 Å². The number of urea groups is 1. The predicted octanol–water partition coefficient (Wildman–Crippen LogP) is 0.928. The number of benzene rings is 1. The standard InChI is InChI=1S/C18H23N3O5S/c1-18(14-5-6-14)16(22)21(17(23)19-18)12-13-3-2-4-15(11-13)27(24,25)20-7-9-26-10-8-20/h2-4,11,14H,5-10,12H2,1H3,(H,19,23)/t18-/m1/s1. The number of carbonyl (C=O) groups is 2. The van der Waals surface area contributed by atoms with Crippen LogP contribution in [0.1, 0.15) is 25.3 Å². The van der Waals surface area contributed by atoms with Crippen molar-refractivity contribution in [3.8, 4) is 0 Å². The lowest BCUT2D eigenvalue weighted by molar-refractivity contribution is -0.131. The largest absolute Gasteiger partial charge is 0.379 e. The van der Waals surface area contributed by atoms with Gasteiger partial charge in [0.25, 0.3) is 5.91 Å². The fourth-order valence-electron chi connectivity index (χ4n) is 3.72. The zero-order valence-corrected chi connectivity index (χ0v) is 16.0. The number of sulfonamides is 1. The Hall–Kier alpha value is -1.97. The van der Waals surface area contributed by atoms with Gasteiger partial charge < -0.3 is 10.1 Å². The van der Waals surface area contributed by atoms with Crippen LogP contribution in [0, 0.1) is 5.92 Å². The molecular formula is C18H23N3O5S. The molecule has 146 valence electrons. The Morgan fingerprint density at radius 2 is 1.93 bits per heavy atom. The Kier molecular flexibility index (Phi) is 4.48. The fourth-order valence-corrected chi connectivity index (χ4v) is 5.20. The van der Waals surface area contributed by atoms with E-state index in [0.29, 0.717) is 31.9 Å². The van der Waals surface area contributed by atoms with E-state index in [0.717, 1.165) is 12.8 Å². The summed E-state index contributed by atoms with van der Waals surface area (Å²) >= 11 is 0. The molecule has 3 aliphatic rings. The van der Waals surface area contributed by atoms with Gasteiger partial charge in [-0.1, -0.05) is 12.1 Å². The first-order chi connectivity index (χ1) is 12.8. The van der Waals surface area contributed by atoms with Gasteiger partial charge in [0.05, 0.1) is 24.7 Å². The van der Waals surface area contributed by atoms with Gasteiger partial charge in [0.15, 0.2) is 0 Å². The Bertz CT molecular complexity index is 877. The van der Waals surface area contributed by atoms with Crippen LogP contribution in [0.5, 0.6) is 0 Å². The van der Waals surface area contributed by atoms with Crippen LogP contribution in [0.3, 0.4) is 0 Å². The first-order valence-corrected chi connectivity index (χ1v) is 10.6. The number of rotatable bonds is 5. The van der Waals surface area contributed by atoms with E-state index in [1.54, 1.807) is 19.1 Å². The molecular weight excluding hydrogens is 370 g/mol. The summed E-state index contributed by atoms with van der Waals surface area (Å²) in [6.07, 6.45) is 1.87. The molecule has 0 spiro atoms. The number of amides is 3. The quantitative estimate of drug-likeness (QED) is 0.751. The third kappa shape index (κ3) is 3.24. The van der Waals surface area contributed by atoms with Gasteiger partial charge in [-0.05, 0) is 43.4 Å². The molecule has 2 heterocycles. The Labute approximate surface area is 158 Å². The summed E-state index contributed by atoms with van der Waals surface area (Å²) in [6.45, 7) is 3.21. The van der Waals surface area contributed by atoms with Crippen molar-refractivity contribution in [2.45, 2.75) is 36.7 Å². The van der Waals surface area contributed by atoms with Gasteiger partial charge in [0, 0.05) is 13.1 Å². The SMILES string of the molecule is C[C@]1(C2CC2)NC(=O)N(Cc2cccc(S(=O)(=O)N3CCOCC3)c2)C1=O. The van der Waals surface area contributed by atoms with Crippen LogP contribution in [0.25, 0.3) is 0 Å². The molecule has 3 amide bonds. The highest BCUT2D eigenvalue weighted by Crippen LogP contribution is 2.42. The van der Waals surface area contributed by atoms with Crippen molar-refractivity contribution in [2.24, 2.45) is 5.92 Å². The number of hydrogen-bond donors (Lipinski definition) is 1. The van der Waals surface area contributed by atoms with E-state index in [-0.39, 0.29) is 23.3 Å². The van der Waals surface area contributed by atoms with Gasteiger partial charge in [0.1, 0.15) is 5.54 Å². The van der Waals surface area contributed by atoms with E-state index in [1.807, 2.05) is 0 Å². The summed E-state index contributed by atoms with van der Waals surface area (Å²) in [5.74, 6) is -0.0524. The van der Waals surface area contributed by atoms with Crippen LogP contribution >= 0.6 is 0 Å². The van der Waals surface area contributed by atoms with Gasteiger partial charge in [-0.25, -0.2) is 13.2 Å². The minimum atomic E-state index is -3.62. The average Bonchev–Trinajstić information content (AvgIpc) is 3.49. The van der Waals surface area contributed by atoms with Crippen molar-refractivity contribution in [1.82, 2.24) is 14.5 Å². The van der Waals surface area contributed by atoms with Gasteiger partial charge in [-0.15, -0.1) is 0 Å². The number of morpholine rings is 1. The number of ether oxygens (including phenoxy) is 1. The predicted molar refractivity (Wildman–Crippen MR) is 96.2 cm³/mol. The van der Waals surface area contributed by atoms with Crippen molar-refractivity contribution >= 4 is 22.0 Å². The zero-order chi connectivity index (χ0) is 19.2. The molecule has 0 bridgehead atoms. The van der Waals surface area contributed by atoms with E-state index in [2.05, 4.69) is 5.32 Å². The lowest BCUT2D eigenvalue weighted by Gasteiger charge is -2.26. The molecule has 1 aromatic rings. The van der Waals surface area contributed by atoms with E-state index in [4.69, 9.17) is 4.74 Å². The lowest BCUT2D eigenvalue weighted by atomic mass is 9.96. The third-order valence-corrected chi connectivity index (χ3v) is 7.44. The topological polar surface area (TPSA) is 96.0 Å². The van der Waals surface area contributed by atoms with Crippen LogP contribution in [0.15, 0.2) is 29.2 Å². The van der Waals surface area contributed by atoms with Gasteiger partial charge in [-0.2, -0.15) is 4.31 Å². The van der Waals surface area contributed by atoms with Crippen LogP contribution in [-0.2, 0) is 26.1 Å². The van der Waals surface area contributed by atoms with Crippen molar-refractivity contribution in [3.63, 3.8) is 0 Å². The number of imide groups is 1.